The lowest BCUT2D eigenvalue weighted by atomic mass is 10.1. The zero-order valence-corrected chi connectivity index (χ0v) is 16.4. The van der Waals surface area contributed by atoms with Crippen molar-refractivity contribution >= 4 is 33.5 Å². The van der Waals surface area contributed by atoms with Crippen LogP contribution in [0.3, 0.4) is 0 Å². The van der Waals surface area contributed by atoms with Gasteiger partial charge >= 0.3 is 0 Å². The van der Waals surface area contributed by atoms with E-state index in [1.165, 1.54) is 17.4 Å². The summed E-state index contributed by atoms with van der Waals surface area (Å²) in [6.45, 7) is 4.97. The van der Waals surface area contributed by atoms with Gasteiger partial charge in [0.05, 0.1) is 28.1 Å². The molecule has 2 atom stereocenters. The van der Waals surface area contributed by atoms with E-state index in [1.807, 2.05) is 43.0 Å². The van der Waals surface area contributed by atoms with Crippen LogP contribution in [-0.4, -0.2) is 36.6 Å². The monoisotopic (exact) mass is 394 g/mol. The molecule has 1 fully saturated rings. The first-order valence-electron chi connectivity index (χ1n) is 9.10. The minimum atomic E-state index is -0.445. The van der Waals surface area contributed by atoms with Crippen LogP contribution in [0.4, 0.5) is 10.1 Å². The Morgan fingerprint density at radius 1 is 1.21 bits per heavy atom. The molecule has 28 heavy (non-hydrogen) atoms. The Hall–Kier alpha value is -2.75. The number of nitrogens with zero attached hydrogens (tertiary/aromatic N) is 2. The molecular weight excluding hydrogens is 375 g/mol. The van der Waals surface area contributed by atoms with Gasteiger partial charge in [-0.15, -0.1) is 11.3 Å². The number of aldehydes is 1. The maximum atomic E-state index is 14.9. The molecule has 1 aromatic heterocycles. The topological polar surface area (TPSA) is 42.4 Å². The number of thiazole rings is 1. The minimum Gasteiger partial charge on any atom is -0.372 e. The van der Waals surface area contributed by atoms with Crippen LogP contribution in [0, 0.1) is 17.7 Å². The molecule has 2 heterocycles. The van der Waals surface area contributed by atoms with Gasteiger partial charge in [0, 0.05) is 24.2 Å². The SMILES string of the molecule is C[C@@H]1CN(c2c(F)cc(C#Cc3nc4ccccc4s3)cc2C=O)C[C@H](C)O1. The first-order valence-corrected chi connectivity index (χ1v) is 9.92. The van der Waals surface area contributed by atoms with Gasteiger partial charge in [-0.2, -0.15) is 0 Å². The van der Waals surface area contributed by atoms with Gasteiger partial charge in [-0.05, 0) is 44.0 Å². The molecule has 0 radical (unpaired) electrons. The highest BCUT2D eigenvalue weighted by Gasteiger charge is 2.26. The third kappa shape index (κ3) is 3.77. The Morgan fingerprint density at radius 2 is 1.96 bits per heavy atom. The van der Waals surface area contributed by atoms with E-state index in [0.717, 1.165) is 10.2 Å². The van der Waals surface area contributed by atoms with Gasteiger partial charge < -0.3 is 9.64 Å². The van der Waals surface area contributed by atoms with Gasteiger partial charge in [0.25, 0.3) is 0 Å². The van der Waals surface area contributed by atoms with Crippen molar-refractivity contribution in [2.24, 2.45) is 0 Å². The summed E-state index contributed by atoms with van der Waals surface area (Å²) in [5.74, 6) is 5.48. The van der Waals surface area contributed by atoms with Crippen molar-refractivity contribution in [1.82, 2.24) is 4.98 Å². The number of aromatic nitrogens is 1. The lowest BCUT2D eigenvalue weighted by molar-refractivity contribution is -0.00543. The summed E-state index contributed by atoms with van der Waals surface area (Å²) >= 11 is 1.49. The number of para-hydroxylation sites is 1. The third-order valence-corrected chi connectivity index (χ3v) is 5.52. The highest BCUT2D eigenvalue weighted by atomic mass is 32.1. The zero-order chi connectivity index (χ0) is 19.7. The highest BCUT2D eigenvalue weighted by molar-refractivity contribution is 7.19. The standard InChI is InChI=1S/C22H19FN2O2S/c1-14-11-25(12-15(2)27-14)22-17(13-26)9-16(10-18(22)23)7-8-21-24-19-5-3-4-6-20(19)28-21/h3-6,9-10,13-15H,11-12H2,1-2H3/t14-,15+. The van der Waals surface area contributed by atoms with Gasteiger partial charge in [-0.25, -0.2) is 9.37 Å². The van der Waals surface area contributed by atoms with Crippen LogP contribution in [0.25, 0.3) is 10.2 Å². The predicted molar refractivity (Wildman–Crippen MR) is 110 cm³/mol. The molecule has 6 heteroatoms. The Kier molecular flexibility index (Phi) is 5.12. The maximum Gasteiger partial charge on any atom is 0.168 e. The maximum absolute atomic E-state index is 14.9. The molecule has 0 spiro atoms. The molecule has 4 rings (SSSR count). The summed E-state index contributed by atoms with van der Waals surface area (Å²) in [5.41, 5.74) is 1.97. The van der Waals surface area contributed by atoms with Crippen LogP contribution in [0.15, 0.2) is 36.4 Å². The molecule has 142 valence electrons. The molecule has 2 aromatic carbocycles. The summed E-state index contributed by atoms with van der Waals surface area (Å²) in [6, 6.07) is 10.8. The molecular formula is C22H19FN2O2S. The van der Waals surface area contributed by atoms with E-state index in [1.54, 1.807) is 6.07 Å². The lowest BCUT2D eigenvalue weighted by Crippen LogP contribution is -2.46. The van der Waals surface area contributed by atoms with Gasteiger partial charge in [0.1, 0.15) is 5.82 Å². The number of halogens is 1. The van der Waals surface area contributed by atoms with Crippen molar-refractivity contribution in [3.05, 3.63) is 58.3 Å². The van der Waals surface area contributed by atoms with Crippen molar-refractivity contribution in [2.75, 3.05) is 18.0 Å². The van der Waals surface area contributed by atoms with Crippen molar-refractivity contribution in [3.8, 4) is 11.8 Å². The summed E-state index contributed by atoms with van der Waals surface area (Å²) in [7, 11) is 0. The molecule has 0 N–H and O–H groups in total. The Morgan fingerprint density at radius 3 is 2.68 bits per heavy atom. The summed E-state index contributed by atoms with van der Waals surface area (Å²) in [4.78, 5) is 18.0. The first kappa shape index (κ1) is 18.6. The van der Waals surface area contributed by atoms with Crippen molar-refractivity contribution in [1.29, 1.82) is 0 Å². The van der Waals surface area contributed by atoms with Crippen LogP contribution >= 0.6 is 11.3 Å². The number of carbonyl (C=O) groups excluding carboxylic acids is 1. The number of rotatable bonds is 2. The number of carbonyl (C=O) groups is 1. The molecule has 1 aliphatic rings. The second kappa shape index (κ2) is 7.70. The third-order valence-electron chi connectivity index (χ3n) is 4.56. The van der Waals surface area contributed by atoms with Crippen LogP contribution in [-0.2, 0) is 4.74 Å². The summed E-state index contributed by atoms with van der Waals surface area (Å²) in [6.07, 6.45) is 0.633. The van der Waals surface area contributed by atoms with Crippen molar-refractivity contribution in [3.63, 3.8) is 0 Å². The fraction of sp³-hybridized carbons (Fsp3) is 0.273. The van der Waals surface area contributed by atoms with E-state index >= 15 is 0 Å². The van der Waals surface area contributed by atoms with Gasteiger partial charge in [0.15, 0.2) is 11.3 Å². The van der Waals surface area contributed by atoms with E-state index in [-0.39, 0.29) is 12.2 Å². The average Bonchev–Trinajstić information content (AvgIpc) is 3.08. The summed E-state index contributed by atoms with van der Waals surface area (Å²) < 4.78 is 21.7. The van der Waals surface area contributed by atoms with Gasteiger partial charge in [0.2, 0.25) is 0 Å². The number of anilines is 1. The molecule has 0 bridgehead atoms. The number of fused-ring (bicyclic) bond motifs is 1. The highest BCUT2D eigenvalue weighted by Crippen LogP contribution is 2.28. The van der Waals surface area contributed by atoms with Crippen LogP contribution < -0.4 is 4.90 Å². The van der Waals surface area contributed by atoms with Crippen LogP contribution in [0.2, 0.25) is 0 Å². The largest absolute Gasteiger partial charge is 0.372 e. The number of benzene rings is 2. The fourth-order valence-corrected chi connectivity index (χ4v) is 4.35. The number of hydrogen-bond donors (Lipinski definition) is 0. The Labute approximate surface area is 167 Å². The second-order valence-corrected chi connectivity index (χ2v) is 7.94. The number of hydrogen-bond acceptors (Lipinski definition) is 5. The second-order valence-electron chi connectivity index (χ2n) is 6.91. The molecule has 1 aliphatic heterocycles. The molecule has 0 unspecified atom stereocenters. The van der Waals surface area contributed by atoms with Crippen LogP contribution in [0.5, 0.6) is 0 Å². The predicted octanol–water partition coefficient (Wildman–Crippen LogP) is 4.26. The number of morpholine rings is 1. The van der Waals surface area contributed by atoms with Crippen molar-refractivity contribution < 1.29 is 13.9 Å². The van der Waals surface area contributed by atoms with E-state index < -0.39 is 5.82 Å². The van der Waals surface area contributed by atoms with E-state index in [9.17, 15) is 9.18 Å². The van der Waals surface area contributed by atoms with Gasteiger partial charge in [-0.3, -0.25) is 4.79 Å². The Bertz CT molecular complexity index is 1060. The molecule has 0 saturated carbocycles. The Balaban J connectivity index is 1.67. The zero-order valence-electron chi connectivity index (χ0n) is 15.6. The quantitative estimate of drug-likeness (QED) is 0.481. The van der Waals surface area contributed by atoms with E-state index in [0.29, 0.717) is 41.2 Å². The molecule has 0 amide bonds. The van der Waals surface area contributed by atoms with E-state index in [2.05, 4.69) is 16.8 Å². The number of ether oxygens (including phenoxy) is 1. The molecule has 3 aromatic rings. The normalized spacial score (nSPS) is 19.3. The molecule has 0 aliphatic carbocycles. The molecule has 1 saturated heterocycles. The molecule has 4 nitrogen and oxygen atoms in total. The van der Waals surface area contributed by atoms with Crippen molar-refractivity contribution in [2.45, 2.75) is 26.1 Å². The van der Waals surface area contributed by atoms with Gasteiger partial charge in [-0.1, -0.05) is 18.1 Å². The fourth-order valence-electron chi connectivity index (χ4n) is 3.53. The smallest absolute Gasteiger partial charge is 0.168 e. The first-order chi connectivity index (χ1) is 13.5. The van der Waals surface area contributed by atoms with E-state index in [4.69, 9.17) is 4.74 Å². The summed E-state index contributed by atoms with van der Waals surface area (Å²) in [5, 5.41) is 0.661. The lowest BCUT2D eigenvalue weighted by Gasteiger charge is -2.37. The minimum absolute atomic E-state index is 0.0267. The average molecular weight is 394 g/mol. The van der Waals surface area contributed by atoms with Crippen LogP contribution in [0.1, 0.15) is 34.8 Å².